The van der Waals surface area contributed by atoms with E-state index in [1.165, 1.54) is 7.11 Å². The Bertz CT molecular complexity index is 561. The lowest BCUT2D eigenvalue weighted by atomic mass is 10.2. The molecule has 17 heavy (non-hydrogen) atoms. The number of hydrogen-bond acceptors (Lipinski definition) is 4. The number of carbonyl (C=O) groups is 1. The van der Waals surface area contributed by atoms with E-state index in [2.05, 4.69) is 14.7 Å². The summed E-state index contributed by atoms with van der Waals surface area (Å²) < 4.78 is 6.51. The maximum absolute atomic E-state index is 11.4. The highest BCUT2D eigenvalue weighted by atomic mass is 16.5. The largest absolute Gasteiger partial charge is 0.465 e. The topological polar surface area (TPSA) is 57.0 Å². The number of nitrogens with zero attached hydrogens (tertiary/aromatic N) is 3. The molecular formula is C12H13N3O2. The molecule has 0 unspecified atom stereocenters. The lowest BCUT2D eigenvalue weighted by Gasteiger charge is -2.05. The molecule has 88 valence electrons. The summed E-state index contributed by atoms with van der Waals surface area (Å²) in [6.45, 7) is 3.88. The highest BCUT2D eigenvalue weighted by Gasteiger charge is 2.09. The molecule has 0 radical (unpaired) electrons. The number of imidazole rings is 1. The minimum absolute atomic E-state index is 0.372. The van der Waals surface area contributed by atoms with Gasteiger partial charge in [0.15, 0.2) is 0 Å². The first-order valence-corrected chi connectivity index (χ1v) is 5.18. The van der Waals surface area contributed by atoms with Gasteiger partial charge in [-0.1, -0.05) is 0 Å². The fourth-order valence-electron chi connectivity index (χ4n) is 1.52. The second-order valence-electron chi connectivity index (χ2n) is 3.68. The van der Waals surface area contributed by atoms with Gasteiger partial charge in [0, 0.05) is 11.9 Å². The zero-order valence-electron chi connectivity index (χ0n) is 9.97. The summed E-state index contributed by atoms with van der Waals surface area (Å²) in [5.74, 6) is 0.286. The molecule has 0 aromatic carbocycles. The van der Waals surface area contributed by atoms with E-state index >= 15 is 0 Å². The number of carbonyl (C=O) groups excluding carboxylic acids is 1. The average molecular weight is 231 g/mol. The number of esters is 1. The van der Waals surface area contributed by atoms with Gasteiger partial charge in [-0.2, -0.15) is 0 Å². The second-order valence-corrected chi connectivity index (χ2v) is 3.68. The lowest BCUT2D eigenvalue weighted by Crippen LogP contribution is -2.05. The van der Waals surface area contributed by atoms with E-state index in [0.717, 1.165) is 11.4 Å². The van der Waals surface area contributed by atoms with Crippen molar-refractivity contribution in [2.45, 2.75) is 13.8 Å². The van der Waals surface area contributed by atoms with E-state index in [1.54, 1.807) is 24.7 Å². The Labute approximate surface area is 99.1 Å². The molecule has 0 N–H and O–H groups in total. The average Bonchev–Trinajstić information content (AvgIpc) is 2.69. The molecule has 0 bridgehead atoms. The molecule has 2 heterocycles. The summed E-state index contributed by atoms with van der Waals surface area (Å²) in [6, 6.07) is 3.30. The third-order valence-electron chi connectivity index (χ3n) is 2.67. The van der Waals surface area contributed by atoms with Gasteiger partial charge in [0.05, 0.1) is 18.4 Å². The molecule has 0 atom stereocenters. The first-order chi connectivity index (χ1) is 8.13. The second kappa shape index (κ2) is 4.37. The Hall–Kier alpha value is -2.17. The summed E-state index contributed by atoms with van der Waals surface area (Å²) in [6.07, 6.45) is 3.27. The van der Waals surface area contributed by atoms with Crippen LogP contribution in [0.1, 0.15) is 21.7 Å². The van der Waals surface area contributed by atoms with Crippen LogP contribution in [0, 0.1) is 13.8 Å². The van der Waals surface area contributed by atoms with E-state index in [9.17, 15) is 4.79 Å². The van der Waals surface area contributed by atoms with Crippen LogP contribution in [-0.2, 0) is 4.74 Å². The van der Waals surface area contributed by atoms with Gasteiger partial charge >= 0.3 is 5.97 Å². The molecule has 2 aromatic heterocycles. The van der Waals surface area contributed by atoms with Crippen LogP contribution in [0.5, 0.6) is 0 Å². The third-order valence-corrected chi connectivity index (χ3v) is 2.67. The number of rotatable bonds is 2. The maximum Gasteiger partial charge on any atom is 0.338 e. The van der Waals surface area contributed by atoms with Crippen molar-refractivity contribution in [2.75, 3.05) is 7.11 Å². The van der Waals surface area contributed by atoms with Crippen molar-refractivity contribution < 1.29 is 9.53 Å². The Kier molecular flexibility index (Phi) is 2.91. The van der Waals surface area contributed by atoms with E-state index in [4.69, 9.17) is 0 Å². The molecule has 5 heteroatoms. The van der Waals surface area contributed by atoms with E-state index in [1.807, 2.05) is 18.4 Å². The van der Waals surface area contributed by atoms with Crippen molar-refractivity contribution in [3.05, 3.63) is 41.6 Å². The van der Waals surface area contributed by atoms with Crippen molar-refractivity contribution in [3.8, 4) is 5.82 Å². The van der Waals surface area contributed by atoms with Crippen molar-refractivity contribution in [3.63, 3.8) is 0 Å². The molecule has 0 aliphatic rings. The zero-order chi connectivity index (χ0) is 12.4. The Balaban J connectivity index is 2.47. The van der Waals surface area contributed by atoms with Crippen molar-refractivity contribution in [1.82, 2.24) is 14.5 Å². The van der Waals surface area contributed by atoms with Crippen LogP contribution in [0.2, 0.25) is 0 Å². The first kappa shape index (κ1) is 11.3. The lowest BCUT2D eigenvalue weighted by molar-refractivity contribution is 0.0600. The van der Waals surface area contributed by atoms with E-state index in [0.29, 0.717) is 11.4 Å². The van der Waals surface area contributed by atoms with Crippen LogP contribution >= 0.6 is 0 Å². The number of methoxy groups -OCH3 is 1. The fourth-order valence-corrected chi connectivity index (χ4v) is 1.52. The molecule has 0 amide bonds. The van der Waals surface area contributed by atoms with Gasteiger partial charge in [-0.15, -0.1) is 0 Å². The van der Waals surface area contributed by atoms with Gasteiger partial charge in [0.1, 0.15) is 12.1 Å². The summed E-state index contributed by atoms with van der Waals surface area (Å²) in [7, 11) is 1.36. The van der Waals surface area contributed by atoms with Crippen LogP contribution in [-0.4, -0.2) is 27.6 Å². The summed E-state index contributed by atoms with van der Waals surface area (Å²) in [4.78, 5) is 19.8. The van der Waals surface area contributed by atoms with E-state index in [-0.39, 0.29) is 5.97 Å². The maximum atomic E-state index is 11.4. The van der Waals surface area contributed by atoms with Crippen LogP contribution in [0.4, 0.5) is 0 Å². The van der Waals surface area contributed by atoms with Gasteiger partial charge in [0.25, 0.3) is 0 Å². The van der Waals surface area contributed by atoms with Gasteiger partial charge in [0.2, 0.25) is 0 Å². The van der Waals surface area contributed by atoms with Crippen LogP contribution in [0.25, 0.3) is 5.82 Å². The summed E-state index contributed by atoms with van der Waals surface area (Å²) >= 11 is 0. The fraction of sp³-hybridized carbons (Fsp3) is 0.250. The molecule has 0 saturated heterocycles. The minimum atomic E-state index is -0.372. The van der Waals surface area contributed by atoms with Crippen LogP contribution in [0.3, 0.4) is 0 Å². The van der Waals surface area contributed by atoms with Gasteiger partial charge in [-0.3, -0.25) is 4.57 Å². The normalized spacial score (nSPS) is 10.3. The number of aromatic nitrogens is 3. The quantitative estimate of drug-likeness (QED) is 0.738. The smallest absolute Gasteiger partial charge is 0.338 e. The Morgan fingerprint density at radius 1 is 1.35 bits per heavy atom. The SMILES string of the molecule is COC(=O)c1ccnc(-n2cnc(C)c2C)c1. The van der Waals surface area contributed by atoms with Crippen molar-refractivity contribution in [2.24, 2.45) is 0 Å². The third kappa shape index (κ3) is 2.04. The summed E-state index contributed by atoms with van der Waals surface area (Å²) in [5, 5.41) is 0. The molecule has 0 fully saturated rings. The van der Waals surface area contributed by atoms with E-state index < -0.39 is 0 Å². The first-order valence-electron chi connectivity index (χ1n) is 5.18. The zero-order valence-corrected chi connectivity index (χ0v) is 9.97. The summed E-state index contributed by atoms with van der Waals surface area (Å²) in [5.41, 5.74) is 2.41. The molecule has 0 aliphatic heterocycles. The van der Waals surface area contributed by atoms with Crippen molar-refractivity contribution in [1.29, 1.82) is 0 Å². The number of pyridine rings is 1. The van der Waals surface area contributed by atoms with Gasteiger partial charge in [-0.25, -0.2) is 14.8 Å². The molecule has 5 nitrogen and oxygen atoms in total. The minimum Gasteiger partial charge on any atom is -0.465 e. The van der Waals surface area contributed by atoms with Crippen molar-refractivity contribution >= 4 is 5.97 Å². The Morgan fingerprint density at radius 2 is 2.12 bits per heavy atom. The molecule has 0 aliphatic carbocycles. The molecular weight excluding hydrogens is 218 g/mol. The van der Waals surface area contributed by atoms with Crippen LogP contribution < -0.4 is 0 Å². The molecule has 0 spiro atoms. The Morgan fingerprint density at radius 3 is 2.71 bits per heavy atom. The molecule has 2 aromatic rings. The van der Waals surface area contributed by atoms with Gasteiger partial charge in [-0.05, 0) is 26.0 Å². The number of hydrogen-bond donors (Lipinski definition) is 0. The van der Waals surface area contributed by atoms with Gasteiger partial charge < -0.3 is 4.74 Å². The predicted octanol–water partition coefficient (Wildman–Crippen LogP) is 1.67. The monoisotopic (exact) mass is 231 g/mol. The number of ether oxygens (including phenoxy) is 1. The highest BCUT2D eigenvalue weighted by molar-refractivity contribution is 5.89. The molecule has 0 saturated carbocycles. The highest BCUT2D eigenvalue weighted by Crippen LogP contribution is 2.13. The predicted molar refractivity (Wildman–Crippen MR) is 62.2 cm³/mol. The standard InChI is InChI=1S/C12H13N3O2/c1-8-9(2)15(7-14-8)11-6-10(4-5-13-11)12(16)17-3/h4-7H,1-3H3. The van der Waals surface area contributed by atoms with Crippen LogP contribution in [0.15, 0.2) is 24.7 Å². The number of aryl methyl sites for hydroxylation is 1. The molecule has 2 rings (SSSR count).